The van der Waals surface area contributed by atoms with Crippen LogP contribution in [0.5, 0.6) is 0 Å². The highest BCUT2D eigenvalue weighted by atomic mass is 127. The lowest BCUT2D eigenvalue weighted by atomic mass is 10.1. The van der Waals surface area contributed by atoms with Gasteiger partial charge in [0, 0.05) is 32.8 Å². The molecule has 0 aliphatic rings. The molecular formula is C19H34IN3O2. The number of nitrogens with zero attached hydrogens (tertiary/aromatic N) is 1. The van der Waals surface area contributed by atoms with E-state index in [0.717, 1.165) is 44.9 Å². The average Bonchev–Trinajstić information content (AvgIpc) is 2.60. The van der Waals surface area contributed by atoms with Crippen LogP contribution in [0.1, 0.15) is 32.3 Å². The Morgan fingerprint density at radius 3 is 2.60 bits per heavy atom. The number of hydrogen-bond donors (Lipinski definition) is 2. The van der Waals surface area contributed by atoms with Gasteiger partial charge in [0.15, 0.2) is 5.96 Å². The number of aliphatic imine (C=N–C) groups is 1. The van der Waals surface area contributed by atoms with E-state index in [1.54, 1.807) is 7.11 Å². The first kappa shape index (κ1) is 24.1. The molecule has 1 aromatic rings. The van der Waals surface area contributed by atoms with E-state index in [-0.39, 0.29) is 24.0 Å². The number of methoxy groups -OCH3 is 1. The zero-order chi connectivity index (χ0) is 17.5. The minimum absolute atomic E-state index is 0. The lowest BCUT2D eigenvalue weighted by Crippen LogP contribution is -2.42. The number of halogens is 1. The fourth-order valence-electron chi connectivity index (χ4n) is 2.26. The Morgan fingerprint density at radius 1 is 1.16 bits per heavy atom. The van der Waals surface area contributed by atoms with Crippen LogP contribution in [0.15, 0.2) is 35.3 Å². The number of nitrogens with one attached hydrogen (secondary N) is 2. The van der Waals surface area contributed by atoms with Crippen molar-refractivity contribution in [1.29, 1.82) is 0 Å². The lowest BCUT2D eigenvalue weighted by molar-refractivity contribution is 0.0702. The van der Waals surface area contributed by atoms with Gasteiger partial charge in [-0.25, -0.2) is 0 Å². The van der Waals surface area contributed by atoms with Crippen molar-refractivity contribution in [3.05, 3.63) is 35.9 Å². The summed E-state index contributed by atoms with van der Waals surface area (Å²) in [5, 5.41) is 6.78. The normalized spacial score (nSPS) is 12.4. The van der Waals surface area contributed by atoms with Crippen LogP contribution in [0.2, 0.25) is 0 Å². The van der Waals surface area contributed by atoms with E-state index in [4.69, 9.17) is 9.47 Å². The summed E-state index contributed by atoms with van der Waals surface area (Å²) in [7, 11) is 1.68. The van der Waals surface area contributed by atoms with Crippen LogP contribution < -0.4 is 10.6 Å². The molecule has 0 saturated carbocycles. The molecule has 1 rings (SSSR count). The highest BCUT2D eigenvalue weighted by molar-refractivity contribution is 14.0. The van der Waals surface area contributed by atoms with E-state index < -0.39 is 0 Å². The van der Waals surface area contributed by atoms with Gasteiger partial charge in [-0.3, -0.25) is 4.99 Å². The second-order valence-corrected chi connectivity index (χ2v) is 5.79. The SMILES string of the molecule is CCNC(=NCCCOCCOC)NC(C)CCc1ccccc1.I. The molecule has 0 spiro atoms. The first-order valence-electron chi connectivity index (χ1n) is 8.91. The maximum Gasteiger partial charge on any atom is 0.191 e. The summed E-state index contributed by atoms with van der Waals surface area (Å²) in [6, 6.07) is 11.0. The molecule has 144 valence electrons. The first-order chi connectivity index (χ1) is 11.8. The smallest absolute Gasteiger partial charge is 0.191 e. The molecule has 0 saturated heterocycles. The largest absolute Gasteiger partial charge is 0.382 e. The molecule has 0 amide bonds. The quantitative estimate of drug-likeness (QED) is 0.216. The Hall–Kier alpha value is -0.860. The molecule has 0 aliphatic heterocycles. The molecule has 1 aromatic carbocycles. The number of hydrogen-bond acceptors (Lipinski definition) is 3. The van der Waals surface area contributed by atoms with E-state index in [1.165, 1.54) is 5.56 Å². The van der Waals surface area contributed by atoms with Crippen molar-refractivity contribution in [3.8, 4) is 0 Å². The number of rotatable bonds is 12. The second-order valence-electron chi connectivity index (χ2n) is 5.79. The van der Waals surface area contributed by atoms with Crippen LogP contribution in [-0.4, -0.2) is 52.0 Å². The Labute approximate surface area is 170 Å². The maximum absolute atomic E-state index is 5.45. The molecule has 5 nitrogen and oxygen atoms in total. The predicted octanol–water partition coefficient (Wildman–Crippen LogP) is 3.23. The highest BCUT2D eigenvalue weighted by Crippen LogP contribution is 2.04. The highest BCUT2D eigenvalue weighted by Gasteiger charge is 2.05. The van der Waals surface area contributed by atoms with Gasteiger partial charge < -0.3 is 20.1 Å². The molecule has 1 atom stereocenters. The van der Waals surface area contributed by atoms with E-state index in [1.807, 2.05) is 0 Å². The van der Waals surface area contributed by atoms with Crippen LogP contribution in [-0.2, 0) is 15.9 Å². The van der Waals surface area contributed by atoms with Crippen molar-refractivity contribution in [2.45, 2.75) is 39.2 Å². The van der Waals surface area contributed by atoms with Crippen LogP contribution in [0.25, 0.3) is 0 Å². The minimum atomic E-state index is 0. The number of guanidine groups is 1. The van der Waals surface area contributed by atoms with Crippen LogP contribution >= 0.6 is 24.0 Å². The fourth-order valence-corrected chi connectivity index (χ4v) is 2.26. The zero-order valence-corrected chi connectivity index (χ0v) is 18.1. The van der Waals surface area contributed by atoms with Crippen molar-refractivity contribution in [2.75, 3.05) is 40.0 Å². The third-order valence-corrected chi connectivity index (χ3v) is 3.58. The Balaban J connectivity index is 0.00000576. The first-order valence-corrected chi connectivity index (χ1v) is 8.91. The molecule has 0 bridgehead atoms. The molecule has 6 heteroatoms. The Kier molecular flexibility index (Phi) is 16.0. The van der Waals surface area contributed by atoms with Gasteiger partial charge in [0.25, 0.3) is 0 Å². The fraction of sp³-hybridized carbons (Fsp3) is 0.632. The number of benzene rings is 1. The van der Waals surface area contributed by atoms with E-state index in [2.05, 4.69) is 59.8 Å². The van der Waals surface area contributed by atoms with Gasteiger partial charge in [0.1, 0.15) is 0 Å². The van der Waals surface area contributed by atoms with E-state index in [9.17, 15) is 0 Å². The number of ether oxygens (including phenoxy) is 2. The molecular weight excluding hydrogens is 429 g/mol. The van der Waals surface area contributed by atoms with Gasteiger partial charge in [0.2, 0.25) is 0 Å². The molecule has 1 unspecified atom stereocenters. The molecule has 0 radical (unpaired) electrons. The van der Waals surface area contributed by atoms with Crippen molar-refractivity contribution in [3.63, 3.8) is 0 Å². The van der Waals surface area contributed by atoms with Gasteiger partial charge >= 0.3 is 0 Å². The number of aryl methyl sites for hydroxylation is 1. The second kappa shape index (κ2) is 16.6. The van der Waals surface area contributed by atoms with E-state index in [0.29, 0.717) is 19.3 Å². The molecule has 0 aromatic heterocycles. The van der Waals surface area contributed by atoms with Crippen molar-refractivity contribution in [2.24, 2.45) is 4.99 Å². The topological polar surface area (TPSA) is 54.9 Å². The maximum atomic E-state index is 5.45. The van der Waals surface area contributed by atoms with Crippen molar-refractivity contribution < 1.29 is 9.47 Å². The van der Waals surface area contributed by atoms with Gasteiger partial charge in [-0.2, -0.15) is 0 Å². The molecule has 0 fully saturated rings. The average molecular weight is 463 g/mol. The zero-order valence-electron chi connectivity index (χ0n) is 15.8. The molecule has 25 heavy (non-hydrogen) atoms. The molecule has 0 heterocycles. The van der Waals surface area contributed by atoms with Gasteiger partial charge in [-0.1, -0.05) is 30.3 Å². The van der Waals surface area contributed by atoms with Gasteiger partial charge in [-0.05, 0) is 38.7 Å². The molecule has 2 N–H and O–H groups in total. The minimum Gasteiger partial charge on any atom is -0.382 e. The summed E-state index contributed by atoms with van der Waals surface area (Å²) in [6.07, 6.45) is 3.06. The van der Waals surface area contributed by atoms with Crippen LogP contribution in [0.4, 0.5) is 0 Å². The van der Waals surface area contributed by atoms with Crippen molar-refractivity contribution in [1.82, 2.24) is 10.6 Å². The van der Waals surface area contributed by atoms with Crippen LogP contribution in [0, 0.1) is 0 Å². The third-order valence-electron chi connectivity index (χ3n) is 3.58. The lowest BCUT2D eigenvalue weighted by Gasteiger charge is -2.18. The Morgan fingerprint density at radius 2 is 1.92 bits per heavy atom. The standard InChI is InChI=1S/C19H33N3O2.HI/c1-4-20-19(21-13-8-14-24-16-15-23-3)22-17(2)11-12-18-9-6-5-7-10-18;/h5-7,9-10,17H,4,8,11-16H2,1-3H3,(H2,20,21,22);1H. The third kappa shape index (κ3) is 13.1. The summed E-state index contributed by atoms with van der Waals surface area (Å²) < 4.78 is 10.4. The van der Waals surface area contributed by atoms with Crippen molar-refractivity contribution >= 4 is 29.9 Å². The van der Waals surface area contributed by atoms with Gasteiger partial charge in [0.05, 0.1) is 13.2 Å². The summed E-state index contributed by atoms with van der Waals surface area (Å²) in [5.74, 6) is 0.884. The monoisotopic (exact) mass is 463 g/mol. The summed E-state index contributed by atoms with van der Waals surface area (Å²) >= 11 is 0. The van der Waals surface area contributed by atoms with Gasteiger partial charge in [-0.15, -0.1) is 24.0 Å². The Bertz CT molecular complexity index is 444. The summed E-state index contributed by atoms with van der Waals surface area (Å²) in [6.45, 7) is 7.91. The van der Waals surface area contributed by atoms with Crippen LogP contribution in [0.3, 0.4) is 0 Å². The molecule has 0 aliphatic carbocycles. The predicted molar refractivity (Wildman–Crippen MR) is 116 cm³/mol. The summed E-state index contributed by atoms with van der Waals surface area (Å²) in [5.41, 5.74) is 1.38. The van der Waals surface area contributed by atoms with E-state index >= 15 is 0 Å². The summed E-state index contributed by atoms with van der Waals surface area (Å²) in [4.78, 5) is 4.61.